The van der Waals surface area contributed by atoms with E-state index in [0.717, 1.165) is 11.3 Å². The lowest BCUT2D eigenvalue weighted by Gasteiger charge is -2.12. The molecule has 122 valence electrons. The number of hydrogen-bond acceptors (Lipinski definition) is 4. The van der Waals surface area contributed by atoms with Crippen LogP contribution >= 0.6 is 23.2 Å². The summed E-state index contributed by atoms with van der Waals surface area (Å²) in [6.45, 7) is 2.44. The largest absolute Gasteiger partial charge is 0.506 e. The van der Waals surface area contributed by atoms with Crippen molar-refractivity contribution in [3.63, 3.8) is 0 Å². The zero-order chi connectivity index (χ0) is 17.3. The van der Waals surface area contributed by atoms with Crippen LogP contribution in [0.15, 0.2) is 46.6 Å². The highest BCUT2D eigenvalue weighted by molar-refractivity contribution is 6.54. The molecule has 0 fully saturated rings. The highest BCUT2D eigenvalue weighted by atomic mass is 35.5. The molecule has 1 N–H and O–H groups in total. The number of carbonyl (C=O) groups is 1. The number of anilines is 1. The summed E-state index contributed by atoms with van der Waals surface area (Å²) in [5.41, 5.74) is 2.13. The van der Waals surface area contributed by atoms with Crippen LogP contribution in [-0.4, -0.2) is 29.5 Å². The van der Waals surface area contributed by atoms with Gasteiger partial charge in [0.15, 0.2) is 5.71 Å². The van der Waals surface area contributed by atoms with Crippen LogP contribution in [0.4, 0.5) is 5.69 Å². The molecule has 24 heavy (non-hydrogen) atoms. The molecule has 3 rings (SSSR count). The van der Waals surface area contributed by atoms with Gasteiger partial charge < -0.3 is 10.0 Å². The van der Waals surface area contributed by atoms with Crippen molar-refractivity contribution in [2.24, 2.45) is 10.2 Å². The lowest BCUT2D eigenvalue weighted by Crippen LogP contribution is -2.29. The Kier molecular flexibility index (Phi) is 4.55. The van der Waals surface area contributed by atoms with Crippen LogP contribution in [0.5, 0.6) is 5.75 Å². The minimum Gasteiger partial charge on any atom is -0.506 e. The minimum absolute atomic E-state index is 0.121. The highest BCUT2D eigenvalue weighted by Gasteiger charge is 2.32. The molecule has 0 unspecified atom stereocenters. The summed E-state index contributed by atoms with van der Waals surface area (Å²) in [6, 6.07) is 10.3. The lowest BCUT2D eigenvalue weighted by atomic mass is 10.1. The van der Waals surface area contributed by atoms with E-state index < -0.39 is 0 Å². The zero-order valence-corrected chi connectivity index (χ0v) is 14.2. The van der Waals surface area contributed by atoms with Gasteiger partial charge in [-0.3, -0.25) is 4.79 Å². The molecule has 0 saturated heterocycles. The van der Waals surface area contributed by atoms with Crippen LogP contribution in [0.25, 0.3) is 0 Å². The summed E-state index contributed by atoms with van der Waals surface area (Å²) in [7, 11) is 0. The molecule has 0 bridgehead atoms. The number of fused-ring (bicyclic) bond motifs is 1. The van der Waals surface area contributed by atoms with Crippen LogP contribution in [0.1, 0.15) is 18.1 Å². The molecule has 0 atom stereocenters. The van der Waals surface area contributed by atoms with E-state index >= 15 is 0 Å². The SMILES string of the molecule is CCN1C(=O)/C(=N/N=C/c2cc(Cl)cc(Cl)c2O)c2ccccc21. The third-order valence-corrected chi connectivity index (χ3v) is 4.13. The normalized spacial score (nSPS) is 15.5. The third-order valence-electron chi connectivity index (χ3n) is 3.63. The van der Waals surface area contributed by atoms with Gasteiger partial charge in [0.2, 0.25) is 0 Å². The van der Waals surface area contributed by atoms with Gasteiger partial charge in [-0.1, -0.05) is 41.4 Å². The van der Waals surface area contributed by atoms with Crippen molar-refractivity contribution in [2.75, 3.05) is 11.4 Å². The molecule has 0 spiro atoms. The Morgan fingerprint density at radius 1 is 1.25 bits per heavy atom. The number of benzene rings is 2. The first-order chi connectivity index (χ1) is 11.5. The van der Waals surface area contributed by atoms with Crippen LogP contribution in [-0.2, 0) is 4.79 Å². The number of hydrogen-bond donors (Lipinski definition) is 1. The first kappa shape index (κ1) is 16.5. The molecule has 2 aromatic carbocycles. The number of carbonyl (C=O) groups excluding carboxylic acids is 1. The van der Waals surface area contributed by atoms with Gasteiger partial charge in [-0.25, -0.2) is 0 Å². The Morgan fingerprint density at radius 2 is 2.00 bits per heavy atom. The maximum Gasteiger partial charge on any atom is 0.279 e. The van der Waals surface area contributed by atoms with Crippen molar-refractivity contribution in [3.8, 4) is 5.75 Å². The van der Waals surface area contributed by atoms with Crippen LogP contribution in [0.2, 0.25) is 10.0 Å². The van der Waals surface area contributed by atoms with Crippen LogP contribution in [0, 0.1) is 0 Å². The molecule has 1 aliphatic heterocycles. The first-order valence-corrected chi connectivity index (χ1v) is 7.98. The number of likely N-dealkylation sites (N-methyl/N-ethyl adjacent to an activating group) is 1. The maximum absolute atomic E-state index is 12.4. The molecular formula is C17H13Cl2N3O2. The number of nitrogens with zero attached hydrogens (tertiary/aromatic N) is 3. The molecule has 1 aliphatic rings. The van der Waals surface area contributed by atoms with E-state index in [1.807, 2.05) is 31.2 Å². The predicted molar refractivity (Wildman–Crippen MR) is 96.7 cm³/mol. The maximum atomic E-state index is 12.4. The minimum atomic E-state index is -0.204. The summed E-state index contributed by atoms with van der Waals surface area (Å²) in [5.74, 6) is -0.345. The van der Waals surface area contributed by atoms with Gasteiger partial charge in [-0.05, 0) is 25.1 Å². The van der Waals surface area contributed by atoms with Gasteiger partial charge >= 0.3 is 0 Å². The second-order valence-corrected chi connectivity index (χ2v) is 5.93. The molecule has 0 aliphatic carbocycles. The topological polar surface area (TPSA) is 65.3 Å². The molecule has 0 saturated carbocycles. The molecule has 7 heteroatoms. The van der Waals surface area contributed by atoms with Crippen LogP contribution < -0.4 is 4.90 Å². The van der Waals surface area contributed by atoms with E-state index in [1.165, 1.54) is 18.3 Å². The fourth-order valence-corrected chi connectivity index (χ4v) is 3.01. The van der Waals surface area contributed by atoms with Gasteiger partial charge in [0, 0.05) is 22.7 Å². The van der Waals surface area contributed by atoms with Crippen LogP contribution in [0.3, 0.4) is 0 Å². The average molecular weight is 362 g/mol. The fourth-order valence-electron chi connectivity index (χ4n) is 2.51. The van der Waals surface area contributed by atoms with Gasteiger partial charge in [-0.15, -0.1) is 5.10 Å². The van der Waals surface area contributed by atoms with Gasteiger partial charge in [0.1, 0.15) is 5.75 Å². The van der Waals surface area contributed by atoms with E-state index in [9.17, 15) is 9.90 Å². The third kappa shape index (κ3) is 2.88. The van der Waals surface area contributed by atoms with E-state index in [4.69, 9.17) is 23.2 Å². The predicted octanol–water partition coefficient (Wildman–Crippen LogP) is 3.89. The number of phenolic OH excluding ortho intramolecular Hbond substituents is 1. The number of rotatable bonds is 3. The smallest absolute Gasteiger partial charge is 0.279 e. The molecule has 1 heterocycles. The summed E-state index contributed by atoms with van der Waals surface area (Å²) >= 11 is 11.8. The van der Waals surface area contributed by atoms with E-state index in [-0.39, 0.29) is 22.4 Å². The Bertz CT molecular complexity index is 878. The van der Waals surface area contributed by atoms with E-state index in [1.54, 1.807) is 4.90 Å². The first-order valence-electron chi connectivity index (χ1n) is 7.23. The fraction of sp³-hybridized carbons (Fsp3) is 0.118. The van der Waals surface area contributed by atoms with Crippen molar-refractivity contribution in [1.82, 2.24) is 0 Å². The summed E-state index contributed by atoms with van der Waals surface area (Å²) in [4.78, 5) is 14.1. The number of halogens is 2. The lowest BCUT2D eigenvalue weighted by molar-refractivity contribution is -0.112. The summed E-state index contributed by atoms with van der Waals surface area (Å²) < 4.78 is 0. The Hall–Kier alpha value is -2.37. The second kappa shape index (κ2) is 6.63. The number of amides is 1. The quantitative estimate of drug-likeness (QED) is 0.665. The standard InChI is InChI=1S/C17H13Cl2N3O2/c1-2-22-14-6-4-3-5-12(14)15(17(22)24)21-20-9-10-7-11(18)8-13(19)16(10)23/h3-9,23H,2H2,1H3/b20-9+,21-15+. The van der Waals surface area contributed by atoms with E-state index in [2.05, 4.69) is 10.2 Å². The molecule has 0 radical (unpaired) electrons. The molecule has 1 amide bonds. The van der Waals surface area contributed by atoms with Crippen molar-refractivity contribution in [2.45, 2.75) is 6.92 Å². The monoisotopic (exact) mass is 361 g/mol. The number of para-hydroxylation sites is 1. The second-order valence-electron chi connectivity index (χ2n) is 5.09. The van der Waals surface area contributed by atoms with E-state index in [0.29, 0.717) is 17.1 Å². The van der Waals surface area contributed by atoms with Gasteiger partial charge in [0.05, 0.1) is 16.9 Å². The Balaban J connectivity index is 1.97. The van der Waals surface area contributed by atoms with Crippen molar-refractivity contribution >= 4 is 46.7 Å². The average Bonchev–Trinajstić information content (AvgIpc) is 2.83. The Morgan fingerprint density at radius 3 is 2.75 bits per heavy atom. The van der Waals surface area contributed by atoms with Gasteiger partial charge in [-0.2, -0.15) is 5.10 Å². The molecule has 5 nitrogen and oxygen atoms in total. The molecular weight excluding hydrogens is 349 g/mol. The van der Waals surface area contributed by atoms with Gasteiger partial charge in [0.25, 0.3) is 5.91 Å². The number of phenols is 1. The zero-order valence-electron chi connectivity index (χ0n) is 12.7. The summed E-state index contributed by atoms with van der Waals surface area (Å²) in [6.07, 6.45) is 1.31. The molecule has 2 aromatic rings. The summed E-state index contributed by atoms with van der Waals surface area (Å²) in [5, 5.41) is 18.3. The van der Waals surface area contributed by atoms with Crippen molar-refractivity contribution in [1.29, 1.82) is 0 Å². The number of aromatic hydroxyl groups is 1. The Labute approximate surface area is 148 Å². The van der Waals surface area contributed by atoms with Crippen molar-refractivity contribution < 1.29 is 9.90 Å². The highest BCUT2D eigenvalue weighted by Crippen LogP contribution is 2.31. The molecule has 0 aromatic heterocycles. The van der Waals surface area contributed by atoms with Crippen molar-refractivity contribution in [3.05, 3.63) is 57.6 Å².